The van der Waals surface area contributed by atoms with Crippen LogP contribution in [0.25, 0.3) is 0 Å². The summed E-state index contributed by atoms with van der Waals surface area (Å²) in [5.74, 6) is -0.947. The van der Waals surface area contributed by atoms with Gasteiger partial charge in [0.1, 0.15) is 0 Å². The van der Waals surface area contributed by atoms with E-state index in [9.17, 15) is 14.4 Å². The first kappa shape index (κ1) is 16.4. The van der Waals surface area contributed by atoms with Crippen LogP contribution in [0.4, 0.5) is 0 Å². The standard InChI is InChI=1S/C18H21N3O3/c1-12(15-8-4-5-10-19-15)20-16(22)9-11-21-17(23)13-6-2-3-7-14(13)18(21)24/h2-5,8,10,12-14H,6-7,9,11H2,1H3,(H,20,22)/t12-,13-,14-/m0/s1. The highest BCUT2D eigenvalue weighted by Crippen LogP contribution is 2.34. The molecule has 1 aliphatic carbocycles. The summed E-state index contributed by atoms with van der Waals surface area (Å²) in [5, 5.41) is 2.85. The molecule has 0 bridgehead atoms. The van der Waals surface area contributed by atoms with Gasteiger partial charge in [0.25, 0.3) is 0 Å². The largest absolute Gasteiger partial charge is 0.348 e. The number of rotatable bonds is 5. The number of nitrogens with zero attached hydrogens (tertiary/aromatic N) is 2. The SMILES string of the molecule is C[C@H](NC(=O)CCN1C(=O)[C@H]2CC=CC[C@@H]2C1=O)c1ccccn1. The number of fused-ring (bicyclic) bond motifs is 1. The zero-order valence-electron chi connectivity index (χ0n) is 13.6. The summed E-state index contributed by atoms with van der Waals surface area (Å²) in [6, 6.07) is 5.31. The Labute approximate surface area is 140 Å². The van der Waals surface area contributed by atoms with Crippen molar-refractivity contribution in [2.75, 3.05) is 6.54 Å². The van der Waals surface area contributed by atoms with Crippen LogP contribution in [0.2, 0.25) is 0 Å². The highest BCUT2D eigenvalue weighted by Gasteiger charge is 2.46. The van der Waals surface area contributed by atoms with Crippen molar-refractivity contribution in [2.24, 2.45) is 11.8 Å². The zero-order chi connectivity index (χ0) is 17.1. The quantitative estimate of drug-likeness (QED) is 0.658. The van der Waals surface area contributed by atoms with E-state index in [-0.39, 0.29) is 48.6 Å². The molecule has 6 heteroatoms. The van der Waals surface area contributed by atoms with E-state index in [0.29, 0.717) is 12.8 Å². The Bertz CT molecular complexity index is 645. The Morgan fingerprint density at radius 2 is 1.92 bits per heavy atom. The molecule has 0 radical (unpaired) electrons. The Morgan fingerprint density at radius 1 is 1.25 bits per heavy atom. The van der Waals surface area contributed by atoms with E-state index in [1.807, 2.05) is 37.3 Å². The molecule has 6 nitrogen and oxygen atoms in total. The number of amides is 3. The van der Waals surface area contributed by atoms with Crippen LogP contribution in [0.5, 0.6) is 0 Å². The van der Waals surface area contributed by atoms with Gasteiger partial charge in [0.2, 0.25) is 17.7 Å². The van der Waals surface area contributed by atoms with Crippen molar-refractivity contribution in [3.63, 3.8) is 0 Å². The van der Waals surface area contributed by atoms with Gasteiger partial charge in [0.05, 0.1) is 23.6 Å². The number of carbonyl (C=O) groups excluding carboxylic acids is 3. The van der Waals surface area contributed by atoms with Crippen LogP contribution in [0.15, 0.2) is 36.5 Å². The molecule has 3 rings (SSSR count). The first-order valence-corrected chi connectivity index (χ1v) is 8.28. The van der Waals surface area contributed by atoms with Crippen molar-refractivity contribution < 1.29 is 14.4 Å². The maximum atomic E-state index is 12.3. The number of carbonyl (C=O) groups is 3. The molecule has 0 unspecified atom stereocenters. The van der Waals surface area contributed by atoms with Gasteiger partial charge >= 0.3 is 0 Å². The molecule has 3 amide bonds. The van der Waals surface area contributed by atoms with E-state index in [0.717, 1.165) is 5.69 Å². The molecule has 1 fully saturated rings. The minimum absolute atomic E-state index is 0.113. The third-order valence-electron chi connectivity index (χ3n) is 4.67. The molecular formula is C18H21N3O3. The van der Waals surface area contributed by atoms with E-state index in [2.05, 4.69) is 10.3 Å². The minimum Gasteiger partial charge on any atom is -0.348 e. The average Bonchev–Trinajstić information content (AvgIpc) is 2.85. The molecule has 24 heavy (non-hydrogen) atoms. The lowest BCUT2D eigenvalue weighted by molar-refractivity contribution is -0.140. The van der Waals surface area contributed by atoms with Crippen molar-refractivity contribution in [3.05, 3.63) is 42.2 Å². The fourth-order valence-electron chi connectivity index (χ4n) is 3.32. The fraction of sp³-hybridized carbons (Fsp3) is 0.444. The highest BCUT2D eigenvalue weighted by atomic mass is 16.2. The number of hydrogen-bond donors (Lipinski definition) is 1. The van der Waals surface area contributed by atoms with Gasteiger partial charge in [-0.2, -0.15) is 0 Å². The first-order valence-electron chi connectivity index (χ1n) is 8.28. The van der Waals surface area contributed by atoms with Crippen molar-refractivity contribution in [1.82, 2.24) is 15.2 Å². The molecule has 1 aliphatic heterocycles. The normalized spacial score (nSPS) is 24.0. The maximum Gasteiger partial charge on any atom is 0.233 e. The van der Waals surface area contributed by atoms with Gasteiger partial charge in [0.15, 0.2) is 0 Å². The molecule has 1 aromatic rings. The maximum absolute atomic E-state index is 12.3. The monoisotopic (exact) mass is 327 g/mol. The lowest BCUT2D eigenvalue weighted by atomic mass is 9.85. The zero-order valence-corrected chi connectivity index (χ0v) is 13.6. The summed E-state index contributed by atoms with van der Waals surface area (Å²) in [6.45, 7) is 2.00. The van der Waals surface area contributed by atoms with Crippen LogP contribution in [0, 0.1) is 11.8 Å². The van der Waals surface area contributed by atoms with E-state index in [4.69, 9.17) is 0 Å². The van der Waals surface area contributed by atoms with Crippen LogP contribution >= 0.6 is 0 Å². The summed E-state index contributed by atoms with van der Waals surface area (Å²) in [4.78, 5) is 42.2. The molecule has 2 heterocycles. The number of nitrogens with one attached hydrogen (secondary N) is 1. The highest BCUT2D eigenvalue weighted by molar-refractivity contribution is 6.05. The van der Waals surface area contributed by atoms with Crippen LogP contribution in [0.3, 0.4) is 0 Å². The number of pyridine rings is 1. The smallest absolute Gasteiger partial charge is 0.233 e. The number of hydrogen-bond acceptors (Lipinski definition) is 4. The molecule has 3 atom stereocenters. The Balaban J connectivity index is 1.53. The molecule has 1 N–H and O–H groups in total. The second-order valence-corrected chi connectivity index (χ2v) is 6.28. The van der Waals surface area contributed by atoms with Gasteiger partial charge in [0, 0.05) is 19.2 Å². The fourth-order valence-corrected chi connectivity index (χ4v) is 3.32. The van der Waals surface area contributed by atoms with Crippen molar-refractivity contribution in [3.8, 4) is 0 Å². The Morgan fingerprint density at radius 3 is 2.50 bits per heavy atom. The molecule has 2 aliphatic rings. The van der Waals surface area contributed by atoms with E-state index in [1.165, 1.54) is 4.90 Å². The molecule has 0 aromatic carbocycles. The molecule has 126 valence electrons. The lowest BCUT2D eigenvalue weighted by Crippen LogP contribution is -2.36. The average molecular weight is 327 g/mol. The predicted molar refractivity (Wildman–Crippen MR) is 87.5 cm³/mol. The van der Waals surface area contributed by atoms with Crippen LogP contribution < -0.4 is 5.32 Å². The van der Waals surface area contributed by atoms with Gasteiger partial charge in [-0.15, -0.1) is 0 Å². The van der Waals surface area contributed by atoms with Crippen molar-refractivity contribution >= 4 is 17.7 Å². The molecule has 1 saturated heterocycles. The third kappa shape index (κ3) is 3.22. The van der Waals surface area contributed by atoms with Crippen molar-refractivity contribution in [1.29, 1.82) is 0 Å². The molecule has 0 saturated carbocycles. The summed E-state index contributed by atoms with van der Waals surface area (Å²) in [6.07, 6.45) is 6.94. The van der Waals surface area contributed by atoms with Crippen LogP contribution in [-0.2, 0) is 14.4 Å². The number of likely N-dealkylation sites (tertiary alicyclic amines) is 1. The summed E-state index contributed by atoms with van der Waals surface area (Å²) >= 11 is 0. The van der Waals surface area contributed by atoms with Gasteiger partial charge < -0.3 is 5.32 Å². The topological polar surface area (TPSA) is 79.4 Å². The van der Waals surface area contributed by atoms with Gasteiger partial charge in [-0.1, -0.05) is 18.2 Å². The number of imide groups is 1. The van der Waals surface area contributed by atoms with E-state index < -0.39 is 0 Å². The van der Waals surface area contributed by atoms with Crippen LogP contribution in [-0.4, -0.2) is 34.2 Å². The molecule has 1 aromatic heterocycles. The van der Waals surface area contributed by atoms with Gasteiger partial charge in [-0.25, -0.2) is 0 Å². The lowest BCUT2D eigenvalue weighted by Gasteiger charge is -2.16. The van der Waals surface area contributed by atoms with Crippen LogP contribution in [0.1, 0.15) is 37.9 Å². The van der Waals surface area contributed by atoms with Gasteiger partial charge in [-0.05, 0) is 31.9 Å². The molecule has 0 spiro atoms. The summed E-state index contributed by atoms with van der Waals surface area (Å²) in [5.41, 5.74) is 0.774. The van der Waals surface area contributed by atoms with E-state index in [1.54, 1.807) is 6.20 Å². The summed E-state index contributed by atoms with van der Waals surface area (Å²) < 4.78 is 0. The number of allylic oxidation sites excluding steroid dienone is 2. The van der Waals surface area contributed by atoms with E-state index >= 15 is 0 Å². The second-order valence-electron chi connectivity index (χ2n) is 6.28. The van der Waals surface area contributed by atoms with Gasteiger partial charge in [-0.3, -0.25) is 24.3 Å². The minimum atomic E-state index is -0.238. The third-order valence-corrected chi connectivity index (χ3v) is 4.67. The van der Waals surface area contributed by atoms with Crippen molar-refractivity contribution in [2.45, 2.75) is 32.2 Å². The molecular weight excluding hydrogens is 306 g/mol. The second kappa shape index (κ2) is 6.95. The Hall–Kier alpha value is -2.50. The number of aromatic nitrogens is 1. The predicted octanol–water partition coefficient (Wildman–Crippen LogP) is 1.60. The summed E-state index contributed by atoms with van der Waals surface area (Å²) in [7, 11) is 0. The Kier molecular flexibility index (Phi) is 4.74. The first-order chi connectivity index (χ1) is 11.6.